The van der Waals surface area contributed by atoms with Crippen molar-refractivity contribution in [3.63, 3.8) is 0 Å². The second-order valence-electron chi connectivity index (χ2n) is 6.55. The molecule has 2 atom stereocenters. The maximum atomic E-state index is 12.8. The lowest BCUT2D eigenvalue weighted by atomic mass is 9.98. The summed E-state index contributed by atoms with van der Waals surface area (Å²) in [5.74, 6) is -0.492. The Balaban J connectivity index is 1.67. The van der Waals surface area contributed by atoms with Crippen LogP contribution in [0.1, 0.15) is 31.4 Å². The fourth-order valence-corrected chi connectivity index (χ4v) is 7.02. The van der Waals surface area contributed by atoms with Crippen LogP contribution in [0.2, 0.25) is 5.02 Å². The normalized spacial score (nSPS) is 19.6. The first-order valence-corrected chi connectivity index (χ1v) is 12.0. The largest absolute Gasteiger partial charge is 0.349 e. The smallest absolute Gasteiger partial charge is 0.252 e. The van der Waals surface area contributed by atoms with Crippen LogP contribution in [0, 0.1) is 5.92 Å². The van der Waals surface area contributed by atoms with Gasteiger partial charge in [0.2, 0.25) is 5.91 Å². The highest BCUT2D eigenvalue weighted by Crippen LogP contribution is 2.31. The van der Waals surface area contributed by atoms with Gasteiger partial charge in [0.15, 0.2) is 0 Å². The lowest BCUT2D eigenvalue weighted by Crippen LogP contribution is -2.45. The van der Waals surface area contributed by atoms with Crippen LogP contribution < -0.4 is 5.32 Å². The van der Waals surface area contributed by atoms with Gasteiger partial charge in [-0.15, -0.1) is 11.3 Å². The zero-order chi connectivity index (χ0) is 19.6. The second kappa shape index (κ2) is 8.61. The summed E-state index contributed by atoms with van der Waals surface area (Å²) < 4.78 is 28.1. The topological polar surface area (TPSA) is 66.5 Å². The monoisotopic (exact) mass is 490 g/mol. The van der Waals surface area contributed by atoms with E-state index in [0.29, 0.717) is 28.6 Å². The number of benzene rings is 1. The molecular formula is C18H20BrClN2O3S2. The molecule has 2 aromatic rings. The van der Waals surface area contributed by atoms with Gasteiger partial charge in [0.25, 0.3) is 10.0 Å². The highest BCUT2D eigenvalue weighted by atomic mass is 79.9. The number of nitrogens with zero attached hydrogens (tertiary/aromatic N) is 1. The molecule has 1 aliphatic rings. The number of carbonyl (C=O) groups is 1. The maximum absolute atomic E-state index is 12.8. The molecule has 1 N–H and O–H groups in total. The van der Waals surface area contributed by atoms with Gasteiger partial charge in [0.05, 0.1) is 15.7 Å². The van der Waals surface area contributed by atoms with Gasteiger partial charge in [-0.05, 0) is 65.5 Å². The first kappa shape index (κ1) is 20.8. The zero-order valence-corrected chi connectivity index (χ0v) is 18.7. The van der Waals surface area contributed by atoms with Crippen molar-refractivity contribution in [1.82, 2.24) is 9.62 Å². The summed E-state index contributed by atoms with van der Waals surface area (Å²) in [6.07, 6.45) is 1.34. The number of halogens is 2. The predicted molar refractivity (Wildman–Crippen MR) is 112 cm³/mol. The first-order chi connectivity index (χ1) is 12.8. The van der Waals surface area contributed by atoms with Gasteiger partial charge in [-0.25, -0.2) is 8.42 Å². The van der Waals surface area contributed by atoms with Gasteiger partial charge in [-0.3, -0.25) is 4.79 Å². The summed E-state index contributed by atoms with van der Waals surface area (Å²) in [6.45, 7) is 2.53. The third-order valence-electron chi connectivity index (χ3n) is 4.61. The van der Waals surface area contributed by atoms with E-state index in [4.69, 9.17) is 11.6 Å². The number of sulfonamides is 1. The molecule has 146 valence electrons. The minimum Gasteiger partial charge on any atom is -0.349 e. The molecule has 0 radical (unpaired) electrons. The molecule has 9 heteroatoms. The van der Waals surface area contributed by atoms with Crippen molar-refractivity contribution in [3.8, 4) is 0 Å². The summed E-state index contributed by atoms with van der Waals surface area (Å²) in [7, 11) is -3.57. The number of nitrogens with one attached hydrogen (secondary N) is 1. The third-order valence-corrected chi connectivity index (χ3v) is 8.80. The fourth-order valence-electron chi connectivity index (χ4n) is 3.13. The lowest BCUT2D eigenvalue weighted by molar-refractivity contribution is -0.126. The van der Waals surface area contributed by atoms with E-state index in [1.807, 2.05) is 25.1 Å². The Morgan fingerprint density at radius 2 is 2.15 bits per heavy atom. The highest BCUT2D eigenvalue weighted by Gasteiger charge is 2.34. The van der Waals surface area contributed by atoms with Crippen LogP contribution in [0.25, 0.3) is 0 Å². The van der Waals surface area contributed by atoms with E-state index in [1.54, 1.807) is 18.2 Å². The standard InChI is InChI=1S/C18H20BrClN2O3S2/c1-12(13-4-2-6-15(20)10-13)21-18(23)14-5-3-9-22(11-14)27(24,25)17-8-7-16(19)26-17/h2,4,6-8,10,12,14H,3,5,9,11H2,1H3,(H,21,23). The van der Waals surface area contributed by atoms with Crippen molar-refractivity contribution < 1.29 is 13.2 Å². The summed E-state index contributed by atoms with van der Waals surface area (Å²) >= 11 is 10.5. The second-order valence-corrected chi connectivity index (χ2v) is 11.6. The number of amides is 1. The van der Waals surface area contributed by atoms with E-state index in [2.05, 4.69) is 21.2 Å². The Morgan fingerprint density at radius 1 is 1.37 bits per heavy atom. The lowest BCUT2D eigenvalue weighted by Gasteiger charge is -2.31. The van der Waals surface area contributed by atoms with Gasteiger partial charge < -0.3 is 5.32 Å². The van der Waals surface area contributed by atoms with E-state index < -0.39 is 10.0 Å². The van der Waals surface area contributed by atoms with Crippen molar-refractivity contribution in [2.75, 3.05) is 13.1 Å². The SMILES string of the molecule is CC(NC(=O)C1CCCN(S(=O)(=O)c2ccc(Br)s2)C1)c1cccc(Cl)c1. The average molecular weight is 492 g/mol. The van der Waals surface area contributed by atoms with Crippen LogP contribution in [-0.2, 0) is 14.8 Å². The molecule has 3 rings (SSSR count). The molecule has 0 saturated carbocycles. The van der Waals surface area contributed by atoms with Crippen molar-refractivity contribution in [1.29, 1.82) is 0 Å². The molecule has 2 unspecified atom stereocenters. The molecular weight excluding hydrogens is 472 g/mol. The van der Waals surface area contributed by atoms with E-state index >= 15 is 0 Å². The van der Waals surface area contributed by atoms with Gasteiger partial charge in [0, 0.05) is 18.1 Å². The first-order valence-electron chi connectivity index (χ1n) is 8.58. The van der Waals surface area contributed by atoms with Crippen LogP contribution in [0.4, 0.5) is 0 Å². The summed E-state index contributed by atoms with van der Waals surface area (Å²) in [6, 6.07) is 10.5. The van der Waals surface area contributed by atoms with E-state index in [0.717, 1.165) is 9.35 Å². The van der Waals surface area contributed by atoms with Crippen LogP contribution in [0.3, 0.4) is 0 Å². The number of carbonyl (C=O) groups excluding carboxylic acids is 1. The fraction of sp³-hybridized carbons (Fsp3) is 0.389. The highest BCUT2D eigenvalue weighted by molar-refractivity contribution is 9.11. The van der Waals surface area contributed by atoms with Crippen molar-refractivity contribution in [2.45, 2.75) is 30.0 Å². The van der Waals surface area contributed by atoms with Crippen LogP contribution in [0.15, 0.2) is 44.4 Å². The Hall–Kier alpha value is -0.930. The molecule has 1 aromatic heterocycles. The number of hydrogen-bond donors (Lipinski definition) is 1. The molecule has 0 aliphatic carbocycles. The molecule has 1 aliphatic heterocycles. The van der Waals surface area contributed by atoms with E-state index in [9.17, 15) is 13.2 Å². The molecule has 27 heavy (non-hydrogen) atoms. The summed E-state index contributed by atoms with van der Waals surface area (Å²) in [5, 5.41) is 3.60. The Morgan fingerprint density at radius 3 is 2.81 bits per heavy atom. The number of thiophene rings is 1. The number of piperidine rings is 1. The van der Waals surface area contributed by atoms with Crippen LogP contribution in [-0.4, -0.2) is 31.7 Å². The maximum Gasteiger partial charge on any atom is 0.252 e. The minimum atomic E-state index is -3.57. The molecule has 1 saturated heterocycles. The average Bonchev–Trinajstić information content (AvgIpc) is 3.09. The summed E-state index contributed by atoms with van der Waals surface area (Å²) in [4.78, 5) is 12.7. The molecule has 0 bridgehead atoms. The van der Waals surface area contributed by atoms with Crippen molar-refractivity contribution in [2.24, 2.45) is 5.92 Å². The van der Waals surface area contributed by atoms with Gasteiger partial charge in [-0.2, -0.15) is 4.31 Å². The molecule has 1 aromatic carbocycles. The zero-order valence-electron chi connectivity index (χ0n) is 14.7. The van der Waals surface area contributed by atoms with E-state index in [-0.39, 0.29) is 24.4 Å². The van der Waals surface area contributed by atoms with Gasteiger partial charge in [-0.1, -0.05) is 23.7 Å². The Labute approximate surface area is 176 Å². The Bertz CT molecular complexity index is 932. The predicted octanol–water partition coefficient (Wildman–Crippen LogP) is 4.44. The number of rotatable bonds is 5. The molecule has 5 nitrogen and oxygen atoms in total. The van der Waals surface area contributed by atoms with Crippen molar-refractivity contribution >= 4 is 54.8 Å². The molecule has 2 heterocycles. The van der Waals surface area contributed by atoms with Crippen molar-refractivity contribution in [3.05, 3.63) is 50.8 Å². The van der Waals surface area contributed by atoms with Crippen LogP contribution in [0.5, 0.6) is 0 Å². The van der Waals surface area contributed by atoms with E-state index in [1.165, 1.54) is 15.6 Å². The third kappa shape index (κ3) is 4.92. The minimum absolute atomic E-state index is 0.130. The van der Waals surface area contributed by atoms with Crippen LogP contribution >= 0.6 is 38.9 Å². The van der Waals surface area contributed by atoms with Gasteiger partial charge in [0.1, 0.15) is 4.21 Å². The number of hydrogen-bond acceptors (Lipinski definition) is 4. The van der Waals surface area contributed by atoms with Gasteiger partial charge >= 0.3 is 0 Å². The quantitative estimate of drug-likeness (QED) is 0.672. The summed E-state index contributed by atoms with van der Waals surface area (Å²) in [5.41, 5.74) is 0.916. The Kier molecular flexibility index (Phi) is 6.63. The molecule has 1 fully saturated rings. The molecule has 1 amide bonds. The molecule has 0 spiro atoms.